The van der Waals surface area contributed by atoms with Crippen LogP contribution in [0.4, 0.5) is 0 Å². The van der Waals surface area contributed by atoms with E-state index < -0.39 is 6.04 Å². The molecule has 1 saturated heterocycles. The fraction of sp³-hybridized carbons (Fsp3) is 0.500. The lowest BCUT2D eigenvalue weighted by Gasteiger charge is -2.32. The Morgan fingerprint density at radius 3 is 3.00 bits per heavy atom. The molecule has 2 heterocycles. The van der Waals surface area contributed by atoms with Crippen molar-refractivity contribution in [3.8, 4) is 0 Å². The highest BCUT2D eigenvalue weighted by Gasteiger charge is 2.31. The fourth-order valence-electron chi connectivity index (χ4n) is 2.00. The Bertz CT molecular complexity index is 435. The van der Waals surface area contributed by atoms with Gasteiger partial charge in [0.1, 0.15) is 18.9 Å². The largest absolute Gasteiger partial charge is 0.343 e. The van der Waals surface area contributed by atoms with Crippen LogP contribution in [-0.2, 0) is 16.1 Å². The van der Waals surface area contributed by atoms with Gasteiger partial charge in [0.15, 0.2) is 0 Å². The summed E-state index contributed by atoms with van der Waals surface area (Å²) in [6.07, 6.45) is 4.59. The fourth-order valence-corrected chi connectivity index (χ4v) is 2.00. The summed E-state index contributed by atoms with van der Waals surface area (Å²) in [5, 5.41) is 2.72. The van der Waals surface area contributed by atoms with E-state index in [0.717, 1.165) is 12.1 Å². The summed E-state index contributed by atoms with van der Waals surface area (Å²) in [5.41, 5.74) is 0.739. The SMILES string of the molecule is CCCC1NC(=O)CN(Cc2ccncn2)C1=O. The molecule has 1 atom stereocenters. The predicted octanol–water partition coefficient (Wildman–Crippen LogP) is 0.104. The first-order valence-electron chi connectivity index (χ1n) is 6.03. The van der Waals surface area contributed by atoms with E-state index in [0.29, 0.717) is 13.0 Å². The van der Waals surface area contributed by atoms with Gasteiger partial charge in [-0.25, -0.2) is 9.97 Å². The summed E-state index contributed by atoms with van der Waals surface area (Å²) in [6, 6.07) is 1.35. The molecule has 0 bridgehead atoms. The van der Waals surface area contributed by atoms with Gasteiger partial charge in [-0.3, -0.25) is 9.59 Å². The van der Waals surface area contributed by atoms with Crippen LogP contribution in [0.25, 0.3) is 0 Å². The Morgan fingerprint density at radius 2 is 2.33 bits per heavy atom. The van der Waals surface area contributed by atoms with Crippen LogP contribution in [0.1, 0.15) is 25.5 Å². The summed E-state index contributed by atoms with van der Waals surface area (Å²) >= 11 is 0. The van der Waals surface area contributed by atoms with E-state index in [1.165, 1.54) is 6.33 Å². The van der Waals surface area contributed by atoms with E-state index in [1.807, 2.05) is 6.92 Å². The Hall–Kier alpha value is -1.98. The maximum absolute atomic E-state index is 12.1. The Labute approximate surface area is 105 Å². The van der Waals surface area contributed by atoms with Gasteiger partial charge in [0, 0.05) is 6.20 Å². The molecule has 2 amide bonds. The van der Waals surface area contributed by atoms with Gasteiger partial charge in [-0.1, -0.05) is 13.3 Å². The average Bonchev–Trinajstić information content (AvgIpc) is 2.36. The Kier molecular flexibility index (Phi) is 3.86. The molecule has 96 valence electrons. The molecule has 0 aliphatic carbocycles. The number of amides is 2. The smallest absolute Gasteiger partial charge is 0.245 e. The zero-order valence-corrected chi connectivity index (χ0v) is 10.3. The molecule has 1 aliphatic rings. The highest BCUT2D eigenvalue weighted by molar-refractivity contribution is 5.94. The van der Waals surface area contributed by atoms with E-state index in [4.69, 9.17) is 0 Å². The summed E-state index contributed by atoms with van der Waals surface area (Å²) < 4.78 is 0. The zero-order chi connectivity index (χ0) is 13.0. The molecule has 6 nitrogen and oxygen atoms in total. The minimum atomic E-state index is -0.391. The molecule has 0 saturated carbocycles. The lowest BCUT2D eigenvalue weighted by Crippen LogP contribution is -2.57. The predicted molar refractivity (Wildman–Crippen MR) is 64.3 cm³/mol. The maximum atomic E-state index is 12.1. The number of piperazine rings is 1. The minimum Gasteiger partial charge on any atom is -0.343 e. The maximum Gasteiger partial charge on any atom is 0.245 e. The number of carbonyl (C=O) groups is 2. The lowest BCUT2D eigenvalue weighted by molar-refractivity contribution is -0.145. The van der Waals surface area contributed by atoms with Crippen molar-refractivity contribution in [3.63, 3.8) is 0 Å². The molecule has 1 aromatic heterocycles. The van der Waals surface area contributed by atoms with Gasteiger partial charge >= 0.3 is 0 Å². The molecule has 6 heteroatoms. The molecule has 0 spiro atoms. The topological polar surface area (TPSA) is 75.2 Å². The van der Waals surface area contributed by atoms with Crippen molar-refractivity contribution in [1.82, 2.24) is 20.2 Å². The molecule has 1 N–H and O–H groups in total. The van der Waals surface area contributed by atoms with Gasteiger partial charge in [0.05, 0.1) is 12.2 Å². The van der Waals surface area contributed by atoms with E-state index >= 15 is 0 Å². The van der Waals surface area contributed by atoms with Crippen molar-refractivity contribution in [2.75, 3.05) is 6.54 Å². The van der Waals surface area contributed by atoms with Gasteiger partial charge in [-0.05, 0) is 12.5 Å². The Morgan fingerprint density at radius 1 is 1.50 bits per heavy atom. The summed E-state index contributed by atoms with van der Waals surface area (Å²) in [5.74, 6) is -0.142. The summed E-state index contributed by atoms with van der Waals surface area (Å²) in [4.78, 5) is 33.1. The van der Waals surface area contributed by atoms with Crippen molar-refractivity contribution in [2.24, 2.45) is 0 Å². The van der Waals surface area contributed by atoms with E-state index in [9.17, 15) is 9.59 Å². The van der Waals surface area contributed by atoms with Crippen LogP contribution in [0.3, 0.4) is 0 Å². The first kappa shape index (κ1) is 12.5. The van der Waals surface area contributed by atoms with Gasteiger partial charge in [0.25, 0.3) is 0 Å². The number of aromatic nitrogens is 2. The number of hydrogen-bond donors (Lipinski definition) is 1. The van der Waals surface area contributed by atoms with Crippen LogP contribution in [-0.4, -0.2) is 39.3 Å². The number of hydrogen-bond acceptors (Lipinski definition) is 4. The molecule has 1 unspecified atom stereocenters. The van der Waals surface area contributed by atoms with Crippen molar-refractivity contribution in [3.05, 3.63) is 24.3 Å². The molecule has 1 aliphatic heterocycles. The van der Waals surface area contributed by atoms with Gasteiger partial charge in [-0.2, -0.15) is 0 Å². The normalized spacial score (nSPS) is 19.8. The van der Waals surface area contributed by atoms with Crippen molar-refractivity contribution < 1.29 is 9.59 Å². The standard InChI is InChI=1S/C12H16N4O2/c1-2-3-10-12(18)16(7-11(17)15-10)6-9-4-5-13-8-14-9/h4-5,8,10H,2-3,6-7H2,1H3,(H,15,17). The molecule has 0 radical (unpaired) electrons. The summed E-state index contributed by atoms with van der Waals surface area (Å²) in [7, 11) is 0. The molecular weight excluding hydrogens is 232 g/mol. The number of rotatable bonds is 4. The van der Waals surface area contributed by atoms with E-state index in [-0.39, 0.29) is 18.4 Å². The Balaban J connectivity index is 2.07. The van der Waals surface area contributed by atoms with E-state index in [2.05, 4.69) is 15.3 Å². The molecule has 2 rings (SSSR count). The van der Waals surface area contributed by atoms with E-state index in [1.54, 1.807) is 17.2 Å². The molecule has 1 aromatic rings. The monoisotopic (exact) mass is 248 g/mol. The van der Waals surface area contributed by atoms with Crippen LogP contribution in [0.2, 0.25) is 0 Å². The third-order valence-electron chi connectivity index (χ3n) is 2.85. The van der Waals surface area contributed by atoms with Gasteiger partial charge in [-0.15, -0.1) is 0 Å². The quantitative estimate of drug-likeness (QED) is 0.820. The highest BCUT2D eigenvalue weighted by atomic mass is 16.2. The minimum absolute atomic E-state index is 0.0323. The molecular formula is C12H16N4O2. The second kappa shape index (κ2) is 5.57. The second-order valence-corrected chi connectivity index (χ2v) is 4.30. The lowest BCUT2D eigenvalue weighted by atomic mass is 10.1. The number of nitrogens with zero attached hydrogens (tertiary/aromatic N) is 3. The van der Waals surface area contributed by atoms with Crippen molar-refractivity contribution in [2.45, 2.75) is 32.4 Å². The van der Waals surface area contributed by atoms with Crippen LogP contribution in [0.15, 0.2) is 18.6 Å². The third kappa shape index (κ3) is 2.82. The van der Waals surface area contributed by atoms with Crippen LogP contribution in [0, 0.1) is 0 Å². The van der Waals surface area contributed by atoms with Crippen LogP contribution in [0.5, 0.6) is 0 Å². The first-order valence-corrected chi connectivity index (χ1v) is 6.03. The molecule has 1 fully saturated rings. The number of nitrogens with one attached hydrogen (secondary N) is 1. The second-order valence-electron chi connectivity index (χ2n) is 4.30. The average molecular weight is 248 g/mol. The van der Waals surface area contributed by atoms with Crippen LogP contribution < -0.4 is 5.32 Å². The first-order chi connectivity index (χ1) is 8.70. The van der Waals surface area contributed by atoms with Gasteiger partial charge < -0.3 is 10.2 Å². The molecule has 0 aromatic carbocycles. The van der Waals surface area contributed by atoms with Crippen molar-refractivity contribution in [1.29, 1.82) is 0 Å². The number of carbonyl (C=O) groups excluding carboxylic acids is 2. The third-order valence-corrected chi connectivity index (χ3v) is 2.85. The highest BCUT2D eigenvalue weighted by Crippen LogP contribution is 2.10. The van der Waals surface area contributed by atoms with Crippen LogP contribution >= 0.6 is 0 Å². The van der Waals surface area contributed by atoms with Gasteiger partial charge in [0.2, 0.25) is 11.8 Å². The van der Waals surface area contributed by atoms with Crippen molar-refractivity contribution >= 4 is 11.8 Å². The zero-order valence-electron chi connectivity index (χ0n) is 10.3. The summed E-state index contributed by atoms with van der Waals surface area (Å²) in [6.45, 7) is 2.45. The molecule has 18 heavy (non-hydrogen) atoms.